The Labute approximate surface area is 111 Å². The van der Waals surface area contributed by atoms with Crippen molar-refractivity contribution in [2.75, 3.05) is 7.11 Å². The lowest BCUT2D eigenvalue weighted by atomic mass is 10.1. The van der Waals surface area contributed by atoms with E-state index >= 15 is 0 Å². The lowest BCUT2D eigenvalue weighted by Crippen LogP contribution is -2.37. The summed E-state index contributed by atoms with van der Waals surface area (Å²) in [5.41, 5.74) is 7.26. The predicted molar refractivity (Wildman–Crippen MR) is 71.5 cm³/mol. The molecule has 0 spiro atoms. The third kappa shape index (κ3) is 2.80. The number of ether oxygens (including phenoxy) is 1. The fourth-order valence-electron chi connectivity index (χ4n) is 1.85. The Kier molecular flexibility index (Phi) is 3.56. The van der Waals surface area contributed by atoms with Crippen LogP contribution >= 0.6 is 11.6 Å². The minimum Gasteiger partial charge on any atom is -0.377 e. The van der Waals surface area contributed by atoms with Crippen LogP contribution in [0.5, 0.6) is 0 Å². The number of hydrogen-bond donors (Lipinski definition) is 1. The van der Waals surface area contributed by atoms with Crippen LogP contribution in [0.25, 0.3) is 11.2 Å². The van der Waals surface area contributed by atoms with E-state index < -0.39 is 0 Å². The molecule has 0 bridgehead atoms. The molecule has 0 radical (unpaired) electrons. The van der Waals surface area contributed by atoms with Crippen LogP contribution < -0.4 is 5.73 Å². The van der Waals surface area contributed by atoms with Crippen LogP contribution in [0.2, 0.25) is 5.02 Å². The first-order chi connectivity index (χ1) is 8.40. The first-order valence-electron chi connectivity index (χ1n) is 5.69. The smallest absolute Gasteiger partial charge is 0.160 e. The third-order valence-corrected chi connectivity index (χ3v) is 2.68. The Morgan fingerprint density at radius 1 is 1.50 bits per heavy atom. The molecule has 0 saturated carbocycles. The van der Waals surface area contributed by atoms with E-state index in [4.69, 9.17) is 22.1 Å². The van der Waals surface area contributed by atoms with Crippen molar-refractivity contribution in [2.45, 2.75) is 32.5 Å². The summed E-state index contributed by atoms with van der Waals surface area (Å²) < 4.78 is 7.14. The highest BCUT2D eigenvalue weighted by atomic mass is 35.5. The molecule has 2 aromatic heterocycles. The number of pyridine rings is 1. The number of fused-ring (bicyclic) bond motifs is 1. The summed E-state index contributed by atoms with van der Waals surface area (Å²) in [6.07, 6.45) is 1.61. The number of methoxy groups -OCH3 is 1. The molecule has 0 atom stereocenters. The number of halogens is 1. The molecule has 0 aliphatic rings. The minimum atomic E-state index is -0.350. The third-order valence-electron chi connectivity index (χ3n) is 2.47. The minimum absolute atomic E-state index is 0.350. The lowest BCUT2D eigenvalue weighted by Gasteiger charge is -2.20. The molecule has 98 valence electrons. The number of imidazole rings is 1. The van der Waals surface area contributed by atoms with Crippen molar-refractivity contribution >= 4 is 22.8 Å². The second-order valence-electron chi connectivity index (χ2n) is 5.03. The van der Waals surface area contributed by atoms with Crippen molar-refractivity contribution in [3.8, 4) is 0 Å². The average Bonchev–Trinajstić information content (AvgIpc) is 2.54. The van der Waals surface area contributed by atoms with Crippen molar-refractivity contribution in [2.24, 2.45) is 5.73 Å². The van der Waals surface area contributed by atoms with Crippen molar-refractivity contribution in [3.63, 3.8) is 0 Å². The molecule has 6 heteroatoms. The molecule has 2 aromatic rings. The maximum atomic E-state index is 6.07. The largest absolute Gasteiger partial charge is 0.377 e. The fraction of sp³-hybridized carbons (Fsp3) is 0.500. The van der Waals surface area contributed by atoms with Gasteiger partial charge in [0, 0.05) is 25.4 Å². The molecule has 2 rings (SSSR count). The second-order valence-corrected chi connectivity index (χ2v) is 5.47. The zero-order valence-corrected chi connectivity index (χ0v) is 11.5. The summed E-state index contributed by atoms with van der Waals surface area (Å²) in [6, 6.07) is 1.79. The van der Waals surface area contributed by atoms with Gasteiger partial charge in [-0.2, -0.15) is 0 Å². The van der Waals surface area contributed by atoms with Crippen LogP contribution in [0.1, 0.15) is 19.7 Å². The van der Waals surface area contributed by atoms with Gasteiger partial charge >= 0.3 is 0 Å². The van der Waals surface area contributed by atoms with Crippen LogP contribution in [-0.4, -0.2) is 27.2 Å². The van der Waals surface area contributed by atoms with E-state index in [0.29, 0.717) is 18.2 Å². The number of aromatic nitrogens is 3. The van der Waals surface area contributed by atoms with E-state index in [-0.39, 0.29) is 5.54 Å². The molecule has 0 saturated heterocycles. The molecule has 5 nitrogen and oxygen atoms in total. The summed E-state index contributed by atoms with van der Waals surface area (Å²) in [5, 5.41) is 0.572. The first-order valence-corrected chi connectivity index (χ1v) is 6.07. The van der Waals surface area contributed by atoms with Gasteiger partial charge in [0.1, 0.15) is 17.9 Å². The Balaban J connectivity index is 2.55. The van der Waals surface area contributed by atoms with Gasteiger partial charge in [-0.05, 0) is 19.9 Å². The van der Waals surface area contributed by atoms with Gasteiger partial charge in [-0.1, -0.05) is 11.6 Å². The molecule has 0 fully saturated rings. The van der Waals surface area contributed by atoms with Gasteiger partial charge in [0.15, 0.2) is 5.65 Å². The normalized spacial score (nSPS) is 12.3. The summed E-state index contributed by atoms with van der Waals surface area (Å²) in [7, 11) is 1.64. The van der Waals surface area contributed by atoms with E-state index in [0.717, 1.165) is 17.0 Å². The second kappa shape index (κ2) is 4.84. The molecule has 18 heavy (non-hydrogen) atoms. The van der Waals surface area contributed by atoms with E-state index in [1.807, 2.05) is 18.4 Å². The molecule has 2 heterocycles. The first kappa shape index (κ1) is 13.3. The van der Waals surface area contributed by atoms with Gasteiger partial charge in [-0.25, -0.2) is 9.97 Å². The predicted octanol–water partition coefficient (Wildman–Crippen LogP) is 1.97. The van der Waals surface area contributed by atoms with Gasteiger partial charge in [-0.3, -0.25) is 0 Å². The molecule has 0 unspecified atom stereocenters. The standard InChI is InChI=1S/C12H17ClN4O/c1-12(2,14)7-17-10(6-18-3)16-9-4-8(13)5-15-11(9)17/h4-5H,6-7,14H2,1-3H3. The summed E-state index contributed by atoms with van der Waals surface area (Å²) >= 11 is 5.92. The Morgan fingerprint density at radius 3 is 2.83 bits per heavy atom. The molecule has 2 N–H and O–H groups in total. The highest BCUT2D eigenvalue weighted by Gasteiger charge is 2.18. The zero-order chi connectivity index (χ0) is 13.3. The highest BCUT2D eigenvalue weighted by molar-refractivity contribution is 6.31. The maximum absolute atomic E-state index is 6.07. The quantitative estimate of drug-likeness (QED) is 0.921. The van der Waals surface area contributed by atoms with Crippen LogP contribution in [0, 0.1) is 0 Å². The molecule has 0 aliphatic carbocycles. The van der Waals surface area contributed by atoms with Crippen molar-refractivity contribution in [1.29, 1.82) is 0 Å². The van der Waals surface area contributed by atoms with Gasteiger partial charge in [0.25, 0.3) is 0 Å². The number of nitrogens with zero attached hydrogens (tertiary/aromatic N) is 3. The Hall–Kier alpha value is -1.17. The SMILES string of the molecule is COCc1nc2cc(Cl)cnc2n1CC(C)(C)N. The lowest BCUT2D eigenvalue weighted by molar-refractivity contribution is 0.173. The van der Waals surface area contributed by atoms with Crippen molar-refractivity contribution in [1.82, 2.24) is 14.5 Å². The van der Waals surface area contributed by atoms with Crippen molar-refractivity contribution < 1.29 is 4.74 Å². The van der Waals surface area contributed by atoms with E-state index in [2.05, 4.69) is 9.97 Å². The van der Waals surface area contributed by atoms with Gasteiger partial charge in [0.2, 0.25) is 0 Å². The zero-order valence-electron chi connectivity index (χ0n) is 10.8. The monoisotopic (exact) mass is 268 g/mol. The van der Waals surface area contributed by atoms with E-state index in [9.17, 15) is 0 Å². The van der Waals surface area contributed by atoms with Crippen LogP contribution in [-0.2, 0) is 17.9 Å². The molecule has 0 amide bonds. The van der Waals surface area contributed by atoms with Crippen LogP contribution in [0.15, 0.2) is 12.3 Å². The van der Waals surface area contributed by atoms with E-state index in [1.54, 1.807) is 19.4 Å². The van der Waals surface area contributed by atoms with Crippen LogP contribution in [0.3, 0.4) is 0 Å². The van der Waals surface area contributed by atoms with Gasteiger partial charge in [0.05, 0.1) is 5.02 Å². The fourth-order valence-corrected chi connectivity index (χ4v) is 2.00. The Bertz CT molecular complexity index is 559. The van der Waals surface area contributed by atoms with Crippen LogP contribution in [0.4, 0.5) is 0 Å². The molecular weight excluding hydrogens is 252 g/mol. The maximum Gasteiger partial charge on any atom is 0.160 e. The van der Waals surface area contributed by atoms with Gasteiger partial charge in [-0.15, -0.1) is 0 Å². The summed E-state index contributed by atoms with van der Waals surface area (Å²) in [5.74, 6) is 0.806. The van der Waals surface area contributed by atoms with Crippen molar-refractivity contribution in [3.05, 3.63) is 23.1 Å². The van der Waals surface area contributed by atoms with E-state index in [1.165, 1.54) is 0 Å². The Morgan fingerprint density at radius 2 is 2.22 bits per heavy atom. The summed E-state index contributed by atoms with van der Waals surface area (Å²) in [4.78, 5) is 8.81. The molecule has 0 aliphatic heterocycles. The average molecular weight is 269 g/mol. The topological polar surface area (TPSA) is 66.0 Å². The number of rotatable bonds is 4. The number of hydrogen-bond acceptors (Lipinski definition) is 4. The van der Waals surface area contributed by atoms with Gasteiger partial charge < -0.3 is 15.0 Å². The highest BCUT2D eigenvalue weighted by Crippen LogP contribution is 2.20. The number of nitrogens with two attached hydrogens (primary N) is 1. The molecule has 0 aromatic carbocycles. The summed E-state index contributed by atoms with van der Waals surface area (Å²) in [6.45, 7) is 4.97. The molecular formula is C12H17ClN4O.